The van der Waals surface area contributed by atoms with Crippen LogP contribution in [-0.4, -0.2) is 38.8 Å². The first-order valence-corrected chi connectivity index (χ1v) is 10.5. The molecule has 8 nitrogen and oxygen atoms in total. The molecule has 1 heterocycles. The molecule has 1 amide bonds. The number of nitrogens with zero attached hydrogens (tertiary/aromatic N) is 2. The van der Waals surface area contributed by atoms with E-state index in [0.717, 1.165) is 6.07 Å². The smallest absolute Gasteiger partial charge is 0.291 e. The largest absolute Gasteiger partial charge is 0.473 e. The average Bonchev–Trinajstić information content (AvgIpc) is 2.79. The third-order valence-corrected chi connectivity index (χ3v) is 5.38. The van der Waals surface area contributed by atoms with Crippen molar-refractivity contribution in [3.63, 3.8) is 0 Å². The van der Waals surface area contributed by atoms with E-state index in [1.54, 1.807) is 19.1 Å². The first-order chi connectivity index (χ1) is 15.8. The van der Waals surface area contributed by atoms with Gasteiger partial charge in [-0.05, 0) is 52.7 Å². The lowest BCUT2D eigenvalue weighted by molar-refractivity contribution is 0.0944. The van der Waals surface area contributed by atoms with Crippen molar-refractivity contribution in [2.24, 2.45) is 0 Å². The molecule has 0 unspecified atom stereocenters. The Labute approximate surface area is 195 Å². The zero-order valence-electron chi connectivity index (χ0n) is 17.4. The van der Waals surface area contributed by atoms with E-state index in [-0.39, 0.29) is 47.1 Å². The van der Waals surface area contributed by atoms with Crippen LogP contribution in [-0.2, 0) is 13.2 Å². The molecule has 0 spiro atoms. The van der Waals surface area contributed by atoms with Crippen molar-refractivity contribution in [1.82, 2.24) is 14.9 Å². The molecule has 11 heteroatoms. The molecular weight excluding hydrogens is 504 g/mol. The zero-order valence-corrected chi connectivity index (χ0v) is 19.0. The standard InChI is InChI=1S/C22H20BrF2N3O5/c1-12-2-3-13(20(31)26-6-7-29)8-17(12)28-18(10-30)27-21(32)19(23)22(28)33-11-14-4-5-15(24)9-16(14)25/h2-5,8-9,29-30H,6-7,10-11H2,1H3,(H,26,31). The molecule has 3 N–H and O–H groups in total. The number of carbonyl (C=O) groups excluding carboxylic acids is 1. The van der Waals surface area contributed by atoms with E-state index >= 15 is 0 Å². The summed E-state index contributed by atoms with van der Waals surface area (Å²) in [6, 6.07) is 7.74. The molecule has 0 saturated carbocycles. The Bertz CT molecular complexity index is 1250. The molecule has 174 valence electrons. The summed E-state index contributed by atoms with van der Waals surface area (Å²) >= 11 is 3.14. The van der Waals surface area contributed by atoms with Gasteiger partial charge in [0.05, 0.1) is 12.3 Å². The minimum absolute atomic E-state index is 0.0403. The van der Waals surface area contributed by atoms with Gasteiger partial charge < -0.3 is 20.3 Å². The van der Waals surface area contributed by atoms with Crippen LogP contribution in [0.2, 0.25) is 0 Å². The van der Waals surface area contributed by atoms with E-state index in [9.17, 15) is 23.5 Å². The minimum atomic E-state index is -0.824. The van der Waals surface area contributed by atoms with Crippen molar-refractivity contribution in [3.8, 4) is 11.6 Å². The van der Waals surface area contributed by atoms with Crippen molar-refractivity contribution < 1.29 is 28.5 Å². The zero-order chi connectivity index (χ0) is 24.1. The summed E-state index contributed by atoms with van der Waals surface area (Å²) in [7, 11) is 0. The molecule has 0 radical (unpaired) electrons. The van der Waals surface area contributed by atoms with Crippen LogP contribution in [0.25, 0.3) is 5.69 Å². The highest BCUT2D eigenvalue weighted by Crippen LogP contribution is 2.30. The van der Waals surface area contributed by atoms with E-state index in [1.807, 2.05) is 0 Å². The molecule has 0 saturated heterocycles. The lowest BCUT2D eigenvalue weighted by Gasteiger charge is -2.21. The van der Waals surface area contributed by atoms with Gasteiger partial charge in [-0.1, -0.05) is 6.07 Å². The van der Waals surface area contributed by atoms with Crippen LogP contribution in [0.15, 0.2) is 45.7 Å². The molecule has 2 aromatic carbocycles. The van der Waals surface area contributed by atoms with Gasteiger partial charge in [-0.3, -0.25) is 14.2 Å². The molecule has 0 aliphatic heterocycles. The van der Waals surface area contributed by atoms with Gasteiger partial charge in [0, 0.05) is 23.7 Å². The highest BCUT2D eigenvalue weighted by Gasteiger charge is 2.21. The Hall–Kier alpha value is -3.15. The number of amides is 1. The second-order valence-corrected chi connectivity index (χ2v) is 7.74. The van der Waals surface area contributed by atoms with Crippen molar-refractivity contribution in [2.45, 2.75) is 20.1 Å². The number of halogens is 3. The monoisotopic (exact) mass is 523 g/mol. The molecule has 33 heavy (non-hydrogen) atoms. The van der Waals surface area contributed by atoms with Crippen LogP contribution in [0.4, 0.5) is 8.78 Å². The molecule has 0 aliphatic rings. The lowest BCUT2D eigenvalue weighted by Crippen LogP contribution is -2.27. The first-order valence-electron chi connectivity index (χ1n) is 9.76. The Morgan fingerprint density at radius 2 is 1.97 bits per heavy atom. The van der Waals surface area contributed by atoms with Gasteiger partial charge in [0.25, 0.3) is 11.5 Å². The lowest BCUT2D eigenvalue weighted by atomic mass is 10.1. The van der Waals surface area contributed by atoms with Crippen molar-refractivity contribution >= 4 is 21.8 Å². The number of ether oxygens (including phenoxy) is 1. The van der Waals surface area contributed by atoms with E-state index in [0.29, 0.717) is 17.3 Å². The number of nitrogens with one attached hydrogen (secondary N) is 1. The molecule has 3 rings (SSSR count). The molecule has 0 fully saturated rings. The van der Waals surface area contributed by atoms with Gasteiger partial charge in [-0.25, -0.2) is 8.78 Å². The Balaban J connectivity index is 2.12. The van der Waals surface area contributed by atoms with Crippen LogP contribution in [0, 0.1) is 18.6 Å². The second-order valence-electron chi connectivity index (χ2n) is 6.95. The SMILES string of the molecule is Cc1ccc(C(=O)NCCO)cc1-n1c(CO)nc(=O)c(Br)c1OCc1ccc(F)cc1F. The fourth-order valence-electron chi connectivity index (χ4n) is 3.05. The maximum absolute atomic E-state index is 14.1. The fraction of sp³-hybridized carbons (Fsp3) is 0.227. The summed E-state index contributed by atoms with van der Waals surface area (Å²) in [4.78, 5) is 28.6. The Morgan fingerprint density at radius 1 is 1.21 bits per heavy atom. The normalized spacial score (nSPS) is 10.8. The van der Waals surface area contributed by atoms with Gasteiger partial charge in [0.15, 0.2) is 0 Å². The number of benzene rings is 2. The van der Waals surface area contributed by atoms with Crippen LogP contribution in [0.5, 0.6) is 5.88 Å². The Kier molecular flexibility index (Phi) is 7.90. The first kappa shape index (κ1) is 24.5. The average molecular weight is 524 g/mol. The van der Waals surface area contributed by atoms with Gasteiger partial charge in [-0.15, -0.1) is 0 Å². The predicted octanol–water partition coefficient (Wildman–Crippen LogP) is 2.38. The van der Waals surface area contributed by atoms with Crippen LogP contribution >= 0.6 is 15.9 Å². The predicted molar refractivity (Wildman–Crippen MR) is 118 cm³/mol. The van der Waals surface area contributed by atoms with Crippen molar-refractivity contribution in [3.05, 3.63) is 85.4 Å². The minimum Gasteiger partial charge on any atom is -0.473 e. The van der Waals surface area contributed by atoms with E-state index in [2.05, 4.69) is 26.2 Å². The van der Waals surface area contributed by atoms with Crippen LogP contribution in [0.3, 0.4) is 0 Å². The highest BCUT2D eigenvalue weighted by atomic mass is 79.9. The third-order valence-electron chi connectivity index (χ3n) is 4.70. The van der Waals surface area contributed by atoms with E-state index in [1.165, 1.54) is 16.7 Å². The topological polar surface area (TPSA) is 114 Å². The summed E-state index contributed by atoms with van der Waals surface area (Å²) in [6.07, 6.45) is 0. The van der Waals surface area contributed by atoms with Crippen LogP contribution < -0.4 is 15.6 Å². The summed E-state index contributed by atoms with van der Waals surface area (Å²) in [5, 5.41) is 21.3. The van der Waals surface area contributed by atoms with Gasteiger partial charge in [0.1, 0.15) is 35.1 Å². The number of rotatable bonds is 8. The van der Waals surface area contributed by atoms with Gasteiger partial charge in [-0.2, -0.15) is 4.98 Å². The Morgan fingerprint density at radius 3 is 2.64 bits per heavy atom. The van der Waals surface area contributed by atoms with Gasteiger partial charge >= 0.3 is 0 Å². The van der Waals surface area contributed by atoms with Crippen molar-refractivity contribution in [2.75, 3.05) is 13.2 Å². The summed E-state index contributed by atoms with van der Waals surface area (Å²) < 4.78 is 34.3. The fourth-order valence-corrected chi connectivity index (χ4v) is 3.43. The maximum Gasteiger partial charge on any atom is 0.291 e. The number of aromatic nitrogens is 2. The molecule has 0 atom stereocenters. The number of aliphatic hydroxyl groups excluding tert-OH is 2. The van der Waals surface area contributed by atoms with Crippen molar-refractivity contribution in [1.29, 1.82) is 0 Å². The van der Waals surface area contributed by atoms with E-state index < -0.39 is 29.7 Å². The molecule has 3 aromatic rings. The summed E-state index contributed by atoms with van der Waals surface area (Å²) in [5.74, 6) is -2.17. The number of carbonyl (C=O) groups is 1. The van der Waals surface area contributed by atoms with E-state index in [4.69, 9.17) is 9.84 Å². The summed E-state index contributed by atoms with van der Waals surface area (Å²) in [6.45, 7) is 0.584. The summed E-state index contributed by atoms with van der Waals surface area (Å²) in [5.41, 5.74) is 0.591. The van der Waals surface area contributed by atoms with Gasteiger partial charge in [0.2, 0.25) is 5.88 Å². The molecular formula is C22H20BrF2N3O5. The number of hydrogen-bond acceptors (Lipinski definition) is 6. The maximum atomic E-state index is 14.1. The highest BCUT2D eigenvalue weighted by molar-refractivity contribution is 9.10. The molecule has 1 aromatic heterocycles. The molecule has 0 bridgehead atoms. The third kappa shape index (κ3) is 5.44. The number of aryl methyl sites for hydroxylation is 1. The quantitative estimate of drug-likeness (QED) is 0.417. The number of aliphatic hydroxyl groups is 2. The molecule has 0 aliphatic carbocycles. The van der Waals surface area contributed by atoms with Crippen LogP contribution in [0.1, 0.15) is 27.3 Å². The second kappa shape index (κ2) is 10.6. The number of hydrogen-bond donors (Lipinski definition) is 3.